The van der Waals surface area contributed by atoms with Crippen LogP contribution in [0.4, 0.5) is 0 Å². The fraction of sp³-hybridized carbons (Fsp3) is 0.286. The van der Waals surface area contributed by atoms with Crippen LogP contribution in [0.15, 0.2) is 36.4 Å². The molecule has 0 heterocycles. The van der Waals surface area contributed by atoms with Gasteiger partial charge in [0.2, 0.25) is 0 Å². The molecule has 29 heavy (non-hydrogen) atoms. The van der Waals surface area contributed by atoms with Crippen molar-refractivity contribution >= 4 is 32.2 Å². The fourth-order valence-corrected chi connectivity index (χ4v) is 3.28. The van der Waals surface area contributed by atoms with E-state index in [1.807, 2.05) is 0 Å². The van der Waals surface area contributed by atoms with E-state index < -0.39 is 26.2 Å². The molecule has 0 radical (unpaired) electrons. The largest absolute Gasteiger partial charge is 0.496 e. The van der Waals surface area contributed by atoms with Gasteiger partial charge in [0.15, 0.2) is 6.29 Å². The molecule has 0 aliphatic rings. The average molecular weight is 416 g/mol. The minimum atomic E-state index is -0.732. The molecule has 1 unspecified atom stereocenters. The molecule has 2 N–H and O–H groups in total. The Morgan fingerprint density at radius 1 is 1.21 bits per heavy atom. The van der Waals surface area contributed by atoms with Crippen molar-refractivity contribution in [1.29, 1.82) is 0 Å². The highest BCUT2D eigenvalue weighted by atomic mass is 31.1. The van der Waals surface area contributed by atoms with Crippen molar-refractivity contribution in [2.75, 3.05) is 7.11 Å². The highest BCUT2D eigenvalue weighted by molar-refractivity contribution is 7.41. The molecule has 7 nitrogen and oxygen atoms in total. The van der Waals surface area contributed by atoms with Gasteiger partial charge in [0.1, 0.15) is 5.75 Å². The van der Waals surface area contributed by atoms with Crippen molar-refractivity contribution in [3.05, 3.63) is 58.7 Å². The summed E-state index contributed by atoms with van der Waals surface area (Å²) in [7, 11) is 0.897. The first-order valence-electron chi connectivity index (χ1n) is 8.92. The Morgan fingerprint density at radius 2 is 1.90 bits per heavy atom. The van der Waals surface area contributed by atoms with Gasteiger partial charge in [-0.25, -0.2) is 5.01 Å². The molecular formula is C21H25N2O5P. The standard InChI is InChI=1S/C21H25N2O5P/c1-13-16(7-6-8-17(13)28-5)19(25)22-23(21(2,3)4)20(26)14-9-10-15(12-24)18(11-14)29-27/h6-12,27,29H,1-5H3,(H,22,25). The highest BCUT2D eigenvalue weighted by Gasteiger charge is 2.30. The zero-order chi connectivity index (χ0) is 21.8. The van der Waals surface area contributed by atoms with E-state index in [1.54, 1.807) is 45.9 Å². The lowest BCUT2D eigenvalue weighted by atomic mass is 10.0. The second-order valence-corrected chi connectivity index (χ2v) is 8.18. The number of ether oxygens (including phenoxy) is 1. The van der Waals surface area contributed by atoms with Crippen LogP contribution in [-0.4, -0.2) is 40.7 Å². The molecule has 0 aliphatic heterocycles. The van der Waals surface area contributed by atoms with Gasteiger partial charge in [0.25, 0.3) is 11.8 Å². The number of hydrazine groups is 1. The van der Waals surface area contributed by atoms with Gasteiger partial charge < -0.3 is 9.63 Å². The monoisotopic (exact) mass is 416 g/mol. The maximum absolute atomic E-state index is 13.2. The SMILES string of the molecule is COc1cccc(C(=O)NN(C(=O)c2ccc(C=O)c(PO)c2)C(C)(C)C)c1C. The van der Waals surface area contributed by atoms with Crippen LogP contribution in [0.2, 0.25) is 0 Å². The summed E-state index contributed by atoms with van der Waals surface area (Å²) in [6, 6.07) is 9.56. The lowest BCUT2D eigenvalue weighted by Gasteiger charge is -2.35. The van der Waals surface area contributed by atoms with Crippen molar-refractivity contribution in [3.63, 3.8) is 0 Å². The highest BCUT2D eigenvalue weighted by Crippen LogP contribution is 2.22. The van der Waals surface area contributed by atoms with Crippen LogP contribution in [0.25, 0.3) is 0 Å². The molecule has 1 atom stereocenters. The Kier molecular flexibility index (Phi) is 7.11. The van der Waals surface area contributed by atoms with E-state index in [0.29, 0.717) is 34.0 Å². The number of hydrogen-bond donors (Lipinski definition) is 2. The fourth-order valence-electron chi connectivity index (χ4n) is 2.78. The molecule has 0 aromatic heterocycles. The number of rotatable bonds is 5. The summed E-state index contributed by atoms with van der Waals surface area (Å²) in [5, 5.41) is 1.61. The molecule has 8 heteroatoms. The van der Waals surface area contributed by atoms with E-state index in [4.69, 9.17) is 4.74 Å². The Hall–Kier alpha value is -2.76. The molecule has 154 valence electrons. The van der Waals surface area contributed by atoms with Crippen LogP contribution in [0, 0.1) is 6.92 Å². The number of nitrogens with one attached hydrogen (secondary N) is 1. The summed E-state index contributed by atoms with van der Waals surface area (Å²) in [6.07, 6.45) is 0.627. The molecule has 0 bridgehead atoms. The Balaban J connectivity index is 2.39. The molecule has 2 aromatic rings. The Bertz CT molecular complexity index is 937. The number of hydrogen-bond acceptors (Lipinski definition) is 5. The maximum Gasteiger partial charge on any atom is 0.272 e. The zero-order valence-electron chi connectivity index (χ0n) is 17.1. The molecule has 0 saturated carbocycles. The molecule has 2 aromatic carbocycles. The third kappa shape index (κ3) is 5.00. The number of carbonyl (C=O) groups is 3. The first-order valence-corrected chi connectivity index (χ1v) is 9.87. The lowest BCUT2D eigenvalue weighted by Crippen LogP contribution is -2.56. The maximum atomic E-state index is 13.2. The van der Waals surface area contributed by atoms with Crippen molar-refractivity contribution < 1.29 is 24.0 Å². The van der Waals surface area contributed by atoms with E-state index >= 15 is 0 Å². The third-order valence-corrected chi connectivity index (χ3v) is 5.06. The molecule has 0 aliphatic carbocycles. The number of methoxy groups -OCH3 is 1. The van der Waals surface area contributed by atoms with E-state index in [1.165, 1.54) is 30.3 Å². The second-order valence-electron chi connectivity index (χ2n) is 7.42. The van der Waals surface area contributed by atoms with Crippen LogP contribution in [0.1, 0.15) is 57.4 Å². The van der Waals surface area contributed by atoms with E-state index in [-0.39, 0.29) is 5.56 Å². The van der Waals surface area contributed by atoms with Gasteiger partial charge in [-0.05, 0) is 52.0 Å². The van der Waals surface area contributed by atoms with Crippen molar-refractivity contribution in [1.82, 2.24) is 10.4 Å². The number of carbonyl (C=O) groups excluding carboxylic acids is 3. The van der Waals surface area contributed by atoms with Crippen LogP contribution in [0.3, 0.4) is 0 Å². The van der Waals surface area contributed by atoms with Gasteiger partial charge in [-0.15, -0.1) is 0 Å². The van der Waals surface area contributed by atoms with Crippen LogP contribution < -0.4 is 15.5 Å². The summed E-state index contributed by atoms with van der Waals surface area (Å²) in [5.74, 6) is -0.328. The van der Waals surface area contributed by atoms with Crippen LogP contribution >= 0.6 is 8.81 Å². The summed E-state index contributed by atoms with van der Waals surface area (Å²) in [5.41, 5.74) is 3.58. The Labute approximate surface area is 171 Å². The lowest BCUT2D eigenvalue weighted by molar-refractivity contribution is 0.0358. The van der Waals surface area contributed by atoms with E-state index in [0.717, 1.165) is 0 Å². The van der Waals surface area contributed by atoms with E-state index in [9.17, 15) is 19.3 Å². The van der Waals surface area contributed by atoms with Crippen molar-refractivity contribution in [2.45, 2.75) is 33.2 Å². The van der Waals surface area contributed by atoms with Gasteiger partial charge in [-0.2, -0.15) is 0 Å². The van der Waals surface area contributed by atoms with Crippen LogP contribution in [0.5, 0.6) is 5.75 Å². The minimum absolute atomic E-state index is 0.254. The third-order valence-electron chi connectivity index (χ3n) is 4.38. The summed E-state index contributed by atoms with van der Waals surface area (Å²) < 4.78 is 5.26. The molecular weight excluding hydrogens is 391 g/mol. The quantitative estimate of drug-likeness (QED) is 0.444. The number of amides is 2. The van der Waals surface area contributed by atoms with Crippen LogP contribution in [-0.2, 0) is 0 Å². The molecule has 0 spiro atoms. The van der Waals surface area contributed by atoms with Gasteiger partial charge in [-0.3, -0.25) is 19.8 Å². The van der Waals surface area contributed by atoms with Crippen molar-refractivity contribution in [2.24, 2.45) is 0 Å². The number of benzene rings is 2. The summed E-state index contributed by atoms with van der Waals surface area (Å²) in [4.78, 5) is 46.6. The zero-order valence-corrected chi connectivity index (χ0v) is 18.1. The van der Waals surface area contributed by atoms with Gasteiger partial charge >= 0.3 is 0 Å². The summed E-state index contributed by atoms with van der Waals surface area (Å²) in [6.45, 7) is 7.14. The molecule has 0 fully saturated rings. The topological polar surface area (TPSA) is 95.9 Å². The average Bonchev–Trinajstić information content (AvgIpc) is 2.70. The van der Waals surface area contributed by atoms with Gasteiger partial charge in [0, 0.05) is 36.4 Å². The normalized spacial score (nSPS) is 11.4. The molecule has 0 saturated heterocycles. The summed E-state index contributed by atoms with van der Waals surface area (Å²) >= 11 is 0. The number of aldehydes is 1. The smallest absolute Gasteiger partial charge is 0.272 e. The van der Waals surface area contributed by atoms with Gasteiger partial charge in [0.05, 0.1) is 12.6 Å². The second kappa shape index (κ2) is 9.16. The van der Waals surface area contributed by atoms with E-state index in [2.05, 4.69) is 5.43 Å². The predicted molar refractivity (Wildman–Crippen MR) is 113 cm³/mol. The molecule has 2 rings (SSSR count). The van der Waals surface area contributed by atoms with Crippen molar-refractivity contribution in [3.8, 4) is 5.75 Å². The number of nitrogens with zero attached hydrogens (tertiary/aromatic N) is 1. The first-order chi connectivity index (χ1) is 13.6. The van der Waals surface area contributed by atoms with Gasteiger partial charge in [-0.1, -0.05) is 12.1 Å². The minimum Gasteiger partial charge on any atom is -0.496 e. The Morgan fingerprint density at radius 3 is 2.45 bits per heavy atom. The first kappa shape index (κ1) is 22.5. The predicted octanol–water partition coefficient (Wildman–Crippen LogP) is 2.61. The molecule has 2 amide bonds.